The second-order valence-electron chi connectivity index (χ2n) is 9.54. The third-order valence-electron chi connectivity index (χ3n) is 6.94. The Bertz CT molecular complexity index is 1540. The van der Waals surface area contributed by atoms with Crippen LogP contribution in [-0.2, 0) is 17.1 Å². The summed E-state index contributed by atoms with van der Waals surface area (Å²) in [7, 11) is 0. The molecule has 3 heterocycles. The van der Waals surface area contributed by atoms with Crippen LogP contribution < -0.4 is 10.5 Å². The minimum Gasteiger partial charge on any atom is -0.367 e. The molecule has 2 aromatic carbocycles. The number of aromatic amines is 1. The molecule has 1 unspecified atom stereocenters. The van der Waals surface area contributed by atoms with Gasteiger partial charge in [-0.25, -0.2) is 4.39 Å². The second kappa shape index (κ2) is 12.4. The summed E-state index contributed by atoms with van der Waals surface area (Å²) >= 11 is 13.8. The number of anilines is 1. The molecule has 5 rings (SSSR count). The Hall–Kier alpha value is -3.34. The topological polar surface area (TPSA) is 87.1 Å². The lowest BCUT2D eigenvalue weighted by atomic mass is 9.98. The molecule has 1 atom stereocenters. The lowest BCUT2D eigenvalue weighted by molar-refractivity contribution is -0.132. The molecule has 1 aliphatic heterocycles. The Morgan fingerprint density at radius 3 is 2.55 bits per heavy atom. The largest absolute Gasteiger partial charge is 0.367 e. The lowest BCUT2D eigenvalue weighted by Gasteiger charge is -2.36. The highest BCUT2D eigenvalue weighted by molar-refractivity contribution is 7.98. The van der Waals surface area contributed by atoms with Crippen LogP contribution in [0.15, 0.2) is 71.0 Å². The average molecular weight is 602 g/mol. The zero-order chi connectivity index (χ0) is 28.2. The van der Waals surface area contributed by atoms with Gasteiger partial charge in [-0.15, -0.1) is 0 Å². The Balaban J connectivity index is 1.34. The number of carbonyl (C=O) groups is 1. The van der Waals surface area contributed by atoms with Crippen molar-refractivity contribution >= 4 is 46.6 Å². The summed E-state index contributed by atoms with van der Waals surface area (Å²) in [6.07, 6.45) is 5.13. The number of nitrogens with zero attached hydrogens (tertiary/aromatic N) is 5. The number of halogens is 3. The highest BCUT2D eigenvalue weighted by Gasteiger charge is 2.24. The van der Waals surface area contributed by atoms with Gasteiger partial charge in [0, 0.05) is 60.8 Å². The summed E-state index contributed by atoms with van der Waals surface area (Å²) in [5.74, 6) is -0.176. The van der Waals surface area contributed by atoms with Crippen LogP contribution in [0, 0.1) is 5.82 Å². The number of hydrogen-bond acceptors (Lipinski definition) is 6. The molecule has 0 spiro atoms. The number of H-pyrrole nitrogens is 1. The number of nitrogens with one attached hydrogen (secondary N) is 1. The SMILES string of the molecule is CC(c1cn[nH]c1)c1cn(CC(=O)N2CCN(c3ccc(Cl)cc3Cl)CC2)c(SCc2ccc(F)cc2)nc1=O. The monoisotopic (exact) mass is 600 g/mol. The number of thioether (sulfide) groups is 1. The van der Waals surface area contributed by atoms with E-state index in [2.05, 4.69) is 20.1 Å². The summed E-state index contributed by atoms with van der Waals surface area (Å²) in [4.78, 5) is 34.8. The summed E-state index contributed by atoms with van der Waals surface area (Å²) < 4.78 is 15.1. The fraction of sp³-hybridized carbons (Fsp3) is 0.286. The van der Waals surface area contributed by atoms with Crippen LogP contribution in [0.1, 0.15) is 29.5 Å². The fourth-order valence-electron chi connectivity index (χ4n) is 4.61. The standard InChI is InChI=1S/C28H27Cl2FN6O2S/c1-18(20-13-32-33-14-20)23-15-37(28(34-27(23)39)40-17-19-2-5-22(31)6-3-19)16-26(38)36-10-8-35(9-11-36)25-7-4-21(29)12-24(25)30/h2-7,12-15,18H,8-11,16-17H2,1H3,(H,32,33). The van der Waals surface area contributed by atoms with E-state index in [-0.39, 0.29) is 29.7 Å². The first-order valence-electron chi connectivity index (χ1n) is 12.7. The molecule has 1 saturated heterocycles. The maximum Gasteiger partial charge on any atom is 0.277 e. The van der Waals surface area contributed by atoms with Crippen molar-refractivity contribution in [2.24, 2.45) is 0 Å². The van der Waals surface area contributed by atoms with E-state index in [1.54, 1.807) is 47.4 Å². The van der Waals surface area contributed by atoms with Crippen molar-refractivity contribution < 1.29 is 9.18 Å². The Morgan fingerprint density at radius 2 is 1.88 bits per heavy atom. The molecular formula is C28H27Cl2FN6O2S. The molecule has 12 heteroatoms. The first kappa shape index (κ1) is 28.2. The van der Waals surface area contributed by atoms with E-state index in [0.29, 0.717) is 52.7 Å². The van der Waals surface area contributed by atoms with Gasteiger partial charge in [-0.1, -0.05) is 54.0 Å². The van der Waals surface area contributed by atoms with E-state index in [4.69, 9.17) is 23.2 Å². The Kier molecular flexibility index (Phi) is 8.78. The first-order chi connectivity index (χ1) is 19.3. The van der Waals surface area contributed by atoms with Crippen LogP contribution in [0.2, 0.25) is 10.0 Å². The number of rotatable bonds is 8. The third-order valence-corrected chi connectivity index (χ3v) is 8.54. The molecule has 40 heavy (non-hydrogen) atoms. The predicted molar refractivity (Wildman–Crippen MR) is 156 cm³/mol. The minimum atomic E-state index is -0.354. The highest BCUT2D eigenvalue weighted by Crippen LogP contribution is 2.30. The molecule has 1 aliphatic rings. The van der Waals surface area contributed by atoms with Crippen LogP contribution in [0.3, 0.4) is 0 Å². The van der Waals surface area contributed by atoms with Crippen molar-refractivity contribution in [3.63, 3.8) is 0 Å². The van der Waals surface area contributed by atoms with Crippen molar-refractivity contribution in [3.8, 4) is 0 Å². The Labute approximate surface area is 245 Å². The van der Waals surface area contributed by atoms with Gasteiger partial charge in [0.15, 0.2) is 5.16 Å². The van der Waals surface area contributed by atoms with Crippen LogP contribution in [0.4, 0.5) is 10.1 Å². The quantitative estimate of drug-likeness (QED) is 0.221. The summed E-state index contributed by atoms with van der Waals surface area (Å²) in [5.41, 5.74) is 2.74. The molecule has 1 fully saturated rings. The van der Waals surface area contributed by atoms with Crippen molar-refractivity contribution in [2.45, 2.75) is 30.3 Å². The Morgan fingerprint density at radius 1 is 1.12 bits per heavy atom. The zero-order valence-electron chi connectivity index (χ0n) is 21.7. The maximum absolute atomic E-state index is 13.5. The van der Waals surface area contributed by atoms with E-state index in [0.717, 1.165) is 16.8 Å². The summed E-state index contributed by atoms with van der Waals surface area (Å²) in [5, 5.41) is 8.35. The smallest absolute Gasteiger partial charge is 0.277 e. The highest BCUT2D eigenvalue weighted by atomic mass is 35.5. The molecule has 8 nitrogen and oxygen atoms in total. The molecule has 0 saturated carbocycles. The number of benzene rings is 2. The number of amides is 1. The van der Waals surface area contributed by atoms with E-state index in [1.165, 1.54) is 23.9 Å². The average Bonchev–Trinajstić information content (AvgIpc) is 3.49. The van der Waals surface area contributed by atoms with Crippen molar-refractivity contribution in [1.82, 2.24) is 24.6 Å². The van der Waals surface area contributed by atoms with Gasteiger partial charge in [0.1, 0.15) is 12.4 Å². The van der Waals surface area contributed by atoms with Crippen LogP contribution in [0.25, 0.3) is 0 Å². The van der Waals surface area contributed by atoms with Gasteiger partial charge in [-0.05, 0) is 41.5 Å². The normalized spacial score (nSPS) is 14.4. The van der Waals surface area contributed by atoms with E-state index >= 15 is 0 Å². The predicted octanol–water partition coefficient (Wildman–Crippen LogP) is 5.21. The molecular weight excluding hydrogens is 574 g/mol. The molecule has 0 bridgehead atoms. The van der Waals surface area contributed by atoms with Crippen molar-refractivity contribution in [2.75, 3.05) is 31.1 Å². The molecule has 1 amide bonds. The minimum absolute atomic E-state index is 0.0336. The molecule has 208 valence electrons. The van der Waals surface area contributed by atoms with E-state index in [9.17, 15) is 14.0 Å². The van der Waals surface area contributed by atoms with Crippen molar-refractivity contribution in [3.05, 3.63) is 104 Å². The fourth-order valence-corrected chi connectivity index (χ4v) is 6.05. The van der Waals surface area contributed by atoms with Gasteiger partial charge in [0.2, 0.25) is 5.91 Å². The lowest BCUT2D eigenvalue weighted by Crippen LogP contribution is -2.49. The third kappa shape index (κ3) is 6.51. The molecule has 0 radical (unpaired) electrons. The van der Waals surface area contributed by atoms with Gasteiger partial charge in [0.25, 0.3) is 5.56 Å². The summed E-state index contributed by atoms with van der Waals surface area (Å²) in [6.45, 7) is 4.26. The van der Waals surface area contributed by atoms with Gasteiger partial charge in [-0.2, -0.15) is 10.1 Å². The maximum atomic E-state index is 13.5. The van der Waals surface area contributed by atoms with Crippen molar-refractivity contribution in [1.29, 1.82) is 0 Å². The van der Waals surface area contributed by atoms with Crippen LogP contribution in [0.5, 0.6) is 0 Å². The number of hydrogen-bond donors (Lipinski definition) is 1. The first-order valence-corrected chi connectivity index (χ1v) is 14.5. The molecule has 4 aromatic rings. The number of aromatic nitrogens is 4. The van der Waals surface area contributed by atoms with Gasteiger partial charge in [-0.3, -0.25) is 14.7 Å². The van der Waals surface area contributed by atoms with Crippen LogP contribution >= 0.6 is 35.0 Å². The zero-order valence-corrected chi connectivity index (χ0v) is 24.0. The van der Waals surface area contributed by atoms with E-state index < -0.39 is 0 Å². The van der Waals surface area contributed by atoms with Gasteiger partial charge >= 0.3 is 0 Å². The summed E-state index contributed by atoms with van der Waals surface area (Å²) in [6, 6.07) is 11.6. The van der Waals surface area contributed by atoms with E-state index in [1.807, 2.05) is 17.9 Å². The number of piperazine rings is 1. The number of carbonyl (C=O) groups excluding carboxylic acids is 1. The van der Waals surface area contributed by atoms with Gasteiger partial charge in [0.05, 0.1) is 16.9 Å². The second-order valence-corrected chi connectivity index (χ2v) is 11.3. The molecule has 0 aliphatic carbocycles. The van der Waals surface area contributed by atoms with Gasteiger partial charge < -0.3 is 14.4 Å². The molecule has 2 aromatic heterocycles. The van der Waals surface area contributed by atoms with Crippen LogP contribution in [-0.4, -0.2) is 56.7 Å². The molecule has 1 N–H and O–H groups in total.